The Morgan fingerprint density at radius 1 is 1.30 bits per heavy atom. The normalized spacial score (nSPS) is 13.3. The van der Waals surface area contributed by atoms with Crippen molar-refractivity contribution in [1.29, 1.82) is 0 Å². The lowest BCUT2D eigenvalue weighted by molar-refractivity contribution is -0.121. The fraction of sp³-hybridized carbons (Fsp3) is 0.211. The average molecular weight is 308 g/mol. The molecule has 0 aliphatic carbocycles. The molecule has 1 aliphatic heterocycles. The minimum absolute atomic E-state index is 0.0436. The first-order valence-corrected chi connectivity index (χ1v) is 7.65. The zero-order valence-corrected chi connectivity index (χ0v) is 13.2. The predicted octanol–water partition coefficient (Wildman–Crippen LogP) is 3.52. The topological polar surface area (TPSA) is 41.6 Å². The van der Waals surface area contributed by atoms with Gasteiger partial charge in [-0.25, -0.2) is 0 Å². The lowest BCUT2D eigenvalue weighted by Gasteiger charge is -2.28. The molecule has 1 amide bonds. The Kier molecular flexibility index (Phi) is 4.33. The van der Waals surface area contributed by atoms with Crippen molar-refractivity contribution in [2.75, 3.05) is 23.4 Å². The Morgan fingerprint density at radius 3 is 2.96 bits per heavy atom. The predicted molar refractivity (Wildman–Crippen MR) is 93.0 cm³/mol. The zero-order chi connectivity index (χ0) is 16.2. The highest BCUT2D eigenvalue weighted by molar-refractivity contribution is 5.98. The van der Waals surface area contributed by atoms with Gasteiger partial charge in [-0.3, -0.25) is 4.79 Å². The number of benzene rings is 2. The maximum absolute atomic E-state index is 11.9. The number of anilines is 2. The third-order valence-electron chi connectivity index (χ3n) is 3.79. The van der Waals surface area contributed by atoms with Crippen LogP contribution < -0.4 is 15.0 Å². The fourth-order valence-electron chi connectivity index (χ4n) is 2.67. The van der Waals surface area contributed by atoms with Crippen LogP contribution in [0.1, 0.15) is 11.1 Å². The molecular formula is C19H20N2O2. The third kappa shape index (κ3) is 3.37. The molecule has 1 heterocycles. The summed E-state index contributed by atoms with van der Waals surface area (Å²) in [4.78, 5) is 13.6. The Bertz CT molecular complexity index is 740. The molecule has 3 rings (SSSR count). The number of hydrogen-bond acceptors (Lipinski definition) is 3. The Morgan fingerprint density at radius 2 is 2.17 bits per heavy atom. The maximum atomic E-state index is 11.9. The van der Waals surface area contributed by atoms with E-state index in [-0.39, 0.29) is 12.5 Å². The Labute approximate surface area is 136 Å². The van der Waals surface area contributed by atoms with Crippen molar-refractivity contribution < 1.29 is 9.53 Å². The molecule has 0 saturated carbocycles. The summed E-state index contributed by atoms with van der Waals surface area (Å²) >= 11 is 0. The van der Waals surface area contributed by atoms with Crippen LogP contribution in [-0.2, 0) is 11.3 Å². The van der Waals surface area contributed by atoms with Crippen molar-refractivity contribution in [3.63, 3.8) is 0 Å². The first-order chi connectivity index (χ1) is 11.2. The highest BCUT2D eigenvalue weighted by Crippen LogP contribution is 2.34. The molecule has 0 spiro atoms. The number of nitrogens with one attached hydrogen (secondary N) is 1. The Hall–Kier alpha value is -2.75. The van der Waals surface area contributed by atoms with E-state index in [1.54, 1.807) is 11.0 Å². The molecule has 0 radical (unpaired) electrons. The first-order valence-electron chi connectivity index (χ1n) is 7.65. The minimum atomic E-state index is -0.0436. The second-order valence-electron chi connectivity index (χ2n) is 5.61. The Balaban J connectivity index is 1.76. The van der Waals surface area contributed by atoms with E-state index in [9.17, 15) is 4.79 Å². The van der Waals surface area contributed by atoms with Crippen LogP contribution in [0.5, 0.6) is 5.75 Å². The minimum Gasteiger partial charge on any atom is -0.481 e. The first kappa shape index (κ1) is 15.2. The van der Waals surface area contributed by atoms with E-state index in [4.69, 9.17) is 4.74 Å². The SMILES string of the molecule is C=CCN1C(=O)COc2cc(NCc3cccc(C)c3)ccc21. The smallest absolute Gasteiger partial charge is 0.265 e. The van der Waals surface area contributed by atoms with E-state index in [1.807, 2.05) is 18.2 Å². The molecule has 0 aromatic heterocycles. The number of fused-ring (bicyclic) bond motifs is 1. The van der Waals surface area contributed by atoms with Crippen LogP contribution in [0.4, 0.5) is 11.4 Å². The molecule has 0 atom stereocenters. The van der Waals surface area contributed by atoms with E-state index in [2.05, 4.69) is 43.1 Å². The summed E-state index contributed by atoms with van der Waals surface area (Å²) in [6, 6.07) is 14.2. The van der Waals surface area contributed by atoms with Crippen LogP contribution in [0.2, 0.25) is 0 Å². The number of rotatable bonds is 5. The molecule has 1 aliphatic rings. The van der Waals surface area contributed by atoms with Crippen LogP contribution in [0.3, 0.4) is 0 Å². The van der Waals surface area contributed by atoms with E-state index < -0.39 is 0 Å². The highest BCUT2D eigenvalue weighted by Gasteiger charge is 2.24. The molecule has 2 aromatic rings. The molecule has 118 valence electrons. The van der Waals surface area contributed by atoms with Gasteiger partial charge in [-0.15, -0.1) is 6.58 Å². The van der Waals surface area contributed by atoms with Gasteiger partial charge >= 0.3 is 0 Å². The fourth-order valence-corrected chi connectivity index (χ4v) is 2.67. The van der Waals surface area contributed by atoms with Crippen LogP contribution in [0, 0.1) is 6.92 Å². The summed E-state index contributed by atoms with van der Waals surface area (Å²) in [7, 11) is 0. The largest absolute Gasteiger partial charge is 0.481 e. The quantitative estimate of drug-likeness (QED) is 0.859. The van der Waals surface area contributed by atoms with Crippen molar-refractivity contribution in [2.24, 2.45) is 0 Å². The van der Waals surface area contributed by atoms with Gasteiger partial charge in [-0.2, -0.15) is 0 Å². The van der Waals surface area contributed by atoms with Crippen molar-refractivity contribution in [1.82, 2.24) is 0 Å². The van der Waals surface area contributed by atoms with Crippen molar-refractivity contribution in [3.8, 4) is 5.75 Å². The third-order valence-corrected chi connectivity index (χ3v) is 3.79. The highest BCUT2D eigenvalue weighted by atomic mass is 16.5. The lowest BCUT2D eigenvalue weighted by Crippen LogP contribution is -2.38. The average Bonchev–Trinajstić information content (AvgIpc) is 2.56. The lowest BCUT2D eigenvalue weighted by atomic mass is 10.1. The summed E-state index contributed by atoms with van der Waals surface area (Å²) in [6.45, 7) is 7.10. The van der Waals surface area contributed by atoms with E-state index in [1.165, 1.54) is 11.1 Å². The molecule has 23 heavy (non-hydrogen) atoms. The maximum Gasteiger partial charge on any atom is 0.265 e. The summed E-state index contributed by atoms with van der Waals surface area (Å²) in [5, 5.41) is 3.39. The second-order valence-corrected chi connectivity index (χ2v) is 5.61. The van der Waals surface area contributed by atoms with Gasteiger partial charge in [0.25, 0.3) is 5.91 Å². The summed E-state index contributed by atoms with van der Waals surface area (Å²) in [5.41, 5.74) is 4.24. The summed E-state index contributed by atoms with van der Waals surface area (Å²) in [5.74, 6) is 0.679. The number of hydrogen-bond donors (Lipinski definition) is 1. The molecular weight excluding hydrogens is 288 g/mol. The molecule has 0 fully saturated rings. The number of amides is 1. The summed E-state index contributed by atoms with van der Waals surface area (Å²) < 4.78 is 5.56. The monoisotopic (exact) mass is 308 g/mol. The van der Waals surface area contributed by atoms with E-state index in [0.717, 1.165) is 23.7 Å². The second kappa shape index (κ2) is 6.57. The van der Waals surface area contributed by atoms with Crippen molar-refractivity contribution in [2.45, 2.75) is 13.5 Å². The van der Waals surface area contributed by atoms with Crippen LogP contribution in [0.15, 0.2) is 55.1 Å². The van der Waals surface area contributed by atoms with Gasteiger partial charge in [0.05, 0.1) is 5.69 Å². The number of nitrogens with zero attached hydrogens (tertiary/aromatic N) is 1. The summed E-state index contributed by atoms with van der Waals surface area (Å²) in [6.07, 6.45) is 1.72. The molecule has 4 nitrogen and oxygen atoms in total. The van der Waals surface area contributed by atoms with Crippen molar-refractivity contribution >= 4 is 17.3 Å². The van der Waals surface area contributed by atoms with Gasteiger partial charge in [0.15, 0.2) is 6.61 Å². The number of ether oxygens (including phenoxy) is 1. The molecule has 2 aromatic carbocycles. The molecule has 1 N–H and O–H groups in total. The van der Waals surface area contributed by atoms with Crippen LogP contribution >= 0.6 is 0 Å². The van der Waals surface area contributed by atoms with Gasteiger partial charge in [0.1, 0.15) is 5.75 Å². The van der Waals surface area contributed by atoms with Crippen molar-refractivity contribution in [3.05, 3.63) is 66.2 Å². The van der Waals surface area contributed by atoms with Crippen LogP contribution in [0.25, 0.3) is 0 Å². The van der Waals surface area contributed by atoms with Gasteiger partial charge in [-0.1, -0.05) is 35.9 Å². The molecule has 0 saturated heterocycles. The number of carbonyl (C=O) groups is 1. The van der Waals surface area contributed by atoms with E-state index in [0.29, 0.717) is 6.54 Å². The number of aryl methyl sites for hydroxylation is 1. The molecule has 0 bridgehead atoms. The van der Waals surface area contributed by atoms with Gasteiger partial charge < -0.3 is 15.0 Å². The van der Waals surface area contributed by atoms with Gasteiger partial charge in [-0.05, 0) is 24.6 Å². The zero-order valence-electron chi connectivity index (χ0n) is 13.2. The molecule has 0 unspecified atom stereocenters. The van der Waals surface area contributed by atoms with Gasteiger partial charge in [0, 0.05) is 24.8 Å². The van der Waals surface area contributed by atoms with E-state index >= 15 is 0 Å². The standard InChI is InChI=1S/C19H20N2O2/c1-3-9-21-17-8-7-16(11-18(17)23-13-19(21)22)20-12-15-6-4-5-14(2)10-15/h3-8,10-11,20H,1,9,12-13H2,2H3. The van der Waals surface area contributed by atoms with Crippen LogP contribution in [-0.4, -0.2) is 19.1 Å². The molecule has 4 heteroatoms. The number of carbonyl (C=O) groups excluding carboxylic acids is 1. The van der Waals surface area contributed by atoms with Gasteiger partial charge in [0.2, 0.25) is 0 Å².